The fraction of sp³-hybridized carbons (Fsp3) is 0.231. The molecule has 1 N–H and O–H groups in total. The second-order valence-corrected chi connectivity index (χ2v) is 3.57. The van der Waals surface area contributed by atoms with Crippen molar-refractivity contribution in [3.8, 4) is 0 Å². The molecule has 0 fully saturated rings. The maximum absolute atomic E-state index is 9.15. The molecule has 0 atom stereocenters. The van der Waals surface area contributed by atoms with Crippen molar-refractivity contribution in [3.05, 3.63) is 47.5 Å². The van der Waals surface area contributed by atoms with Crippen LogP contribution in [0.25, 0.3) is 10.8 Å². The van der Waals surface area contributed by atoms with Crippen molar-refractivity contribution in [2.75, 3.05) is 7.11 Å². The van der Waals surface area contributed by atoms with Crippen molar-refractivity contribution in [3.63, 3.8) is 0 Å². The number of ether oxygens (including phenoxy) is 1. The Morgan fingerprint density at radius 3 is 2.73 bits per heavy atom. The number of methoxy groups -OCH3 is 1. The summed E-state index contributed by atoms with van der Waals surface area (Å²) < 4.78 is 5.15. The molecule has 0 aliphatic rings. The van der Waals surface area contributed by atoms with Crippen molar-refractivity contribution in [1.29, 1.82) is 0 Å². The molecule has 0 saturated carbocycles. The van der Waals surface area contributed by atoms with E-state index in [-0.39, 0.29) is 6.61 Å². The number of hydrogen-bond donors (Lipinski definition) is 1. The molecule has 0 spiro atoms. The van der Waals surface area contributed by atoms with Gasteiger partial charge in [-0.3, -0.25) is 0 Å². The summed E-state index contributed by atoms with van der Waals surface area (Å²) in [5.41, 5.74) is 2.06. The third-order valence-corrected chi connectivity index (χ3v) is 2.49. The lowest BCUT2D eigenvalue weighted by Gasteiger charge is -2.08. The zero-order valence-corrected chi connectivity index (χ0v) is 8.73. The minimum Gasteiger partial charge on any atom is -0.392 e. The van der Waals surface area contributed by atoms with Crippen LogP contribution in [-0.4, -0.2) is 12.2 Å². The number of fused-ring (bicyclic) bond motifs is 1. The highest BCUT2D eigenvalue weighted by molar-refractivity contribution is 5.86. The average molecular weight is 202 g/mol. The molecule has 0 heterocycles. The molecule has 2 aromatic carbocycles. The highest BCUT2D eigenvalue weighted by Crippen LogP contribution is 2.21. The molecule has 2 aromatic rings. The lowest BCUT2D eigenvalue weighted by molar-refractivity contribution is 0.185. The summed E-state index contributed by atoms with van der Waals surface area (Å²) in [6.45, 7) is 0.649. The number of rotatable bonds is 3. The number of benzene rings is 2. The van der Waals surface area contributed by atoms with Gasteiger partial charge in [-0.2, -0.15) is 0 Å². The van der Waals surface area contributed by atoms with Crippen LogP contribution in [0, 0.1) is 0 Å². The molecule has 0 bridgehead atoms. The Bertz CT molecular complexity index is 463. The SMILES string of the molecule is COCc1cc(CO)cc2ccccc12. The molecule has 0 amide bonds. The van der Waals surface area contributed by atoms with Gasteiger partial charge < -0.3 is 9.84 Å². The van der Waals surface area contributed by atoms with E-state index in [4.69, 9.17) is 9.84 Å². The topological polar surface area (TPSA) is 29.5 Å². The number of hydrogen-bond acceptors (Lipinski definition) is 2. The van der Waals surface area contributed by atoms with Gasteiger partial charge in [0.1, 0.15) is 0 Å². The zero-order chi connectivity index (χ0) is 10.7. The normalized spacial score (nSPS) is 10.8. The van der Waals surface area contributed by atoms with Crippen molar-refractivity contribution in [1.82, 2.24) is 0 Å². The van der Waals surface area contributed by atoms with E-state index in [2.05, 4.69) is 6.07 Å². The van der Waals surface area contributed by atoms with Crippen LogP contribution in [-0.2, 0) is 18.0 Å². The first-order valence-corrected chi connectivity index (χ1v) is 4.95. The fourth-order valence-corrected chi connectivity index (χ4v) is 1.82. The van der Waals surface area contributed by atoms with Gasteiger partial charge in [0, 0.05) is 7.11 Å². The van der Waals surface area contributed by atoms with Gasteiger partial charge in [-0.05, 0) is 28.0 Å². The van der Waals surface area contributed by atoms with Crippen LogP contribution >= 0.6 is 0 Å². The molecule has 2 nitrogen and oxygen atoms in total. The number of aliphatic hydroxyl groups is 1. The van der Waals surface area contributed by atoms with Crippen LogP contribution < -0.4 is 0 Å². The maximum atomic E-state index is 9.15. The van der Waals surface area contributed by atoms with Gasteiger partial charge >= 0.3 is 0 Å². The lowest BCUT2D eigenvalue weighted by Crippen LogP contribution is -1.93. The summed E-state index contributed by atoms with van der Waals surface area (Å²) >= 11 is 0. The smallest absolute Gasteiger partial charge is 0.0719 e. The second kappa shape index (κ2) is 4.43. The van der Waals surface area contributed by atoms with Gasteiger partial charge in [0.25, 0.3) is 0 Å². The van der Waals surface area contributed by atoms with E-state index in [0.29, 0.717) is 6.61 Å². The Hall–Kier alpha value is -1.38. The minimum absolute atomic E-state index is 0.0710. The van der Waals surface area contributed by atoms with Crippen LogP contribution in [0.3, 0.4) is 0 Å². The summed E-state index contributed by atoms with van der Waals surface area (Å²) in [5.74, 6) is 0. The predicted molar refractivity (Wildman–Crippen MR) is 60.6 cm³/mol. The zero-order valence-electron chi connectivity index (χ0n) is 8.73. The van der Waals surface area contributed by atoms with Crippen LogP contribution in [0.15, 0.2) is 36.4 Å². The fourth-order valence-electron chi connectivity index (χ4n) is 1.82. The van der Waals surface area contributed by atoms with E-state index in [9.17, 15) is 0 Å². The summed E-state index contributed by atoms with van der Waals surface area (Å²) in [7, 11) is 1.68. The Morgan fingerprint density at radius 2 is 2.00 bits per heavy atom. The Morgan fingerprint density at radius 1 is 1.20 bits per heavy atom. The molecule has 0 aromatic heterocycles. The molecule has 2 heteroatoms. The Balaban J connectivity index is 2.63. The third kappa shape index (κ3) is 2.01. The van der Waals surface area contributed by atoms with E-state index < -0.39 is 0 Å². The van der Waals surface area contributed by atoms with Crippen LogP contribution in [0.4, 0.5) is 0 Å². The summed E-state index contributed by atoms with van der Waals surface area (Å²) in [6.07, 6.45) is 0. The Kier molecular flexibility index (Phi) is 2.99. The predicted octanol–water partition coefficient (Wildman–Crippen LogP) is 2.48. The van der Waals surface area contributed by atoms with Crippen molar-refractivity contribution < 1.29 is 9.84 Å². The van der Waals surface area contributed by atoms with Gasteiger partial charge in [-0.15, -0.1) is 0 Å². The number of aliphatic hydroxyl groups excluding tert-OH is 1. The molecule has 15 heavy (non-hydrogen) atoms. The molecule has 0 saturated heterocycles. The lowest BCUT2D eigenvalue weighted by atomic mass is 10.0. The first-order valence-electron chi connectivity index (χ1n) is 4.95. The van der Waals surface area contributed by atoms with E-state index in [1.165, 1.54) is 5.39 Å². The van der Waals surface area contributed by atoms with Crippen molar-refractivity contribution >= 4 is 10.8 Å². The third-order valence-electron chi connectivity index (χ3n) is 2.49. The van der Waals surface area contributed by atoms with Crippen LogP contribution in [0.5, 0.6) is 0 Å². The van der Waals surface area contributed by atoms with E-state index in [0.717, 1.165) is 16.5 Å². The summed E-state index contributed by atoms with van der Waals surface area (Å²) in [6, 6.07) is 12.1. The monoisotopic (exact) mass is 202 g/mol. The first-order chi connectivity index (χ1) is 7.35. The van der Waals surface area contributed by atoms with Gasteiger partial charge in [0.15, 0.2) is 0 Å². The van der Waals surface area contributed by atoms with Gasteiger partial charge in [0.05, 0.1) is 13.2 Å². The molecule has 0 aliphatic carbocycles. The maximum Gasteiger partial charge on any atom is 0.0719 e. The van der Waals surface area contributed by atoms with Crippen molar-refractivity contribution in [2.45, 2.75) is 13.2 Å². The van der Waals surface area contributed by atoms with E-state index in [1.54, 1.807) is 7.11 Å². The molecular formula is C13H14O2. The van der Waals surface area contributed by atoms with E-state index >= 15 is 0 Å². The standard InChI is InChI=1S/C13H14O2/c1-15-9-12-7-10(8-14)6-11-4-2-3-5-13(11)12/h2-7,14H,8-9H2,1H3. The second-order valence-electron chi connectivity index (χ2n) is 3.57. The molecule has 0 unspecified atom stereocenters. The van der Waals surface area contributed by atoms with Crippen LogP contribution in [0.1, 0.15) is 11.1 Å². The van der Waals surface area contributed by atoms with Gasteiger partial charge in [0.2, 0.25) is 0 Å². The molecule has 0 radical (unpaired) electrons. The molecule has 78 valence electrons. The van der Waals surface area contributed by atoms with Gasteiger partial charge in [-0.25, -0.2) is 0 Å². The van der Waals surface area contributed by atoms with Crippen LogP contribution in [0.2, 0.25) is 0 Å². The highest BCUT2D eigenvalue weighted by Gasteiger charge is 2.02. The van der Waals surface area contributed by atoms with E-state index in [1.807, 2.05) is 30.3 Å². The molecule has 2 rings (SSSR count). The summed E-state index contributed by atoms with van der Waals surface area (Å²) in [5, 5.41) is 11.5. The molecule has 0 aliphatic heterocycles. The van der Waals surface area contributed by atoms with Gasteiger partial charge in [-0.1, -0.05) is 30.3 Å². The highest BCUT2D eigenvalue weighted by atomic mass is 16.5. The Labute approximate surface area is 89.1 Å². The first kappa shape index (κ1) is 10.1. The minimum atomic E-state index is 0.0710. The largest absolute Gasteiger partial charge is 0.392 e. The molecular weight excluding hydrogens is 188 g/mol. The average Bonchev–Trinajstić information content (AvgIpc) is 2.29. The van der Waals surface area contributed by atoms with Crippen molar-refractivity contribution in [2.24, 2.45) is 0 Å². The quantitative estimate of drug-likeness (QED) is 0.828. The summed E-state index contributed by atoms with van der Waals surface area (Å²) in [4.78, 5) is 0.